The van der Waals surface area contributed by atoms with E-state index in [-0.39, 0.29) is 5.56 Å². The van der Waals surface area contributed by atoms with E-state index < -0.39 is 0 Å². The molecule has 0 radical (unpaired) electrons. The maximum absolute atomic E-state index is 12.2. The minimum Gasteiger partial charge on any atom is -0.448 e. The molecule has 0 spiro atoms. The number of hydrogen-bond acceptors (Lipinski definition) is 7. The van der Waals surface area contributed by atoms with E-state index in [9.17, 15) is 4.79 Å². The topological polar surface area (TPSA) is 85.2 Å². The predicted octanol–water partition coefficient (Wildman–Crippen LogP) is 0.852. The third kappa shape index (κ3) is 4.20. The molecular formula is C19H25N7O2. The van der Waals surface area contributed by atoms with Crippen molar-refractivity contribution in [1.29, 1.82) is 0 Å². The standard InChI is InChI=1S/C19H25N7O2/c1-15-13-16(2)26(21-15)17-3-4-19(27)25(22-17)11-10-23-6-8-24(9-7-23)14-18-20-5-12-28-18/h3-5,12-13H,6-11,14H2,1-2H3. The summed E-state index contributed by atoms with van der Waals surface area (Å²) in [5.41, 5.74) is 1.84. The van der Waals surface area contributed by atoms with Gasteiger partial charge in [0, 0.05) is 44.5 Å². The monoisotopic (exact) mass is 383 g/mol. The van der Waals surface area contributed by atoms with E-state index in [1.165, 1.54) is 4.68 Å². The Kier molecular flexibility index (Phi) is 5.36. The molecule has 28 heavy (non-hydrogen) atoms. The molecule has 0 N–H and O–H groups in total. The summed E-state index contributed by atoms with van der Waals surface area (Å²) in [4.78, 5) is 21.1. The van der Waals surface area contributed by atoms with Crippen LogP contribution in [0.5, 0.6) is 0 Å². The minimum absolute atomic E-state index is 0.0900. The van der Waals surface area contributed by atoms with Gasteiger partial charge < -0.3 is 4.42 Å². The lowest BCUT2D eigenvalue weighted by molar-refractivity contribution is 0.115. The third-order valence-electron chi connectivity index (χ3n) is 5.01. The maximum atomic E-state index is 12.2. The van der Waals surface area contributed by atoms with Crippen LogP contribution in [0.1, 0.15) is 17.3 Å². The number of nitrogens with zero attached hydrogens (tertiary/aromatic N) is 7. The van der Waals surface area contributed by atoms with E-state index in [1.54, 1.807) is 29.3 Å². The van der Waals surface area contributed by atoms with Crippen LogP contribution in [0.25, 0.3) is 5.82 Å². The quantitative estimate of drug-likeness (QED) is 0.624. The van der Waals surface area contributed by atoms with Crippen molar-refractivity contribution in [3.63, 3.8) is 0 Å². The van der Waals surface area contributed by atoms with Crippen molar-refractivity contribution in [2.24, 2.45) is 0 Å². The highest BCUT2D eigenvalue weighted by molar-refractivity contribution is 5.23. The molecule has 4 rings (SSSR count). The van der Waals surface area contributed by atoms with Gasteiger partial charge in [0.15, 0.2) is 5.82 Å². The van der Waals surface area contributed by atoms with Crippen molar-refractivity contribution in [1.82, 2.24) is 34.3 Å². The third-order valence-corrected chi connectivity index (χ3v) is 5.01. The van der Waals surface area contributed by atoms with Crippen molar-refractivity contribution < 1.29 is 4.42 Å². The zero-order valence-electron chi connectivity index (χ0n) is 16.3. The number of hydrogen-bond donors (Lipinski definition) is 0. The molecule has 1 aliphatic heterocycles. The first kappa shape index (κ1) is 18.6. The van der Waals surface area contributed by atoms with Gasteiger partial charge in [0.25, 0.3) is 5.56 Å². The van der Waals surface area contributed by atoms with Gasteiger partial charge in [-0.25, -0.2) is 14.3 Å². The van der Waals surface area contributed by atoms with Crippen molar-refractivity contribution in [2.45, 2.75) is 26.9 Å². The van der Waals surface area contributed by atoms with Crippen molar-refractivity contribution in [2.75, 3.05) is 32.7 Å². The molecule has 3 aromatic rings. The van der Waals surface area contributed by atoms with E-state index in [0.717, 1.165) is 56.5 Å². The van der Waals surface area contributed by atoms with Crippen molar-refractivity contribution in [3.05, 3.63) is 58.3 Å². The molecule has 1 saturated heterocycles. The Morgan fingerprint density at radius 3 is 2.50 bits per heavy atom. The second kappa shape index (κ2) is 8.07. The van der Waals surface area contributed by atoms with Crippen LogP contribution in [0.2, 0.25) is 0 Å². The first-order valence-electron chi connectivity index (χ1n) is 9.53. The van der Waals surface area contributed by atoms with E-state index >= 15 is 0 Å². The van der Waals surface area contributed by atoms with Gasteiger partial charge in [-0.2, -0.15) is 5.10 Å². The molecular weight excluding hydrogens is 358 g/mol. The summed E-state index contributed by atoms with van der Waals surface area (Å²) in [6.45, 7) is 9.83. The van der Waals surface area contributed by atoms with E-state index in [2.05, 4.69) is 25.0 Å². The Labute approximate surface area is 163 Å². The minimum atomic E-state index is -0.0900. The van der Waals surface area contributed by atoms with Crippen molar-refractivity contribution in [3.8, 4) is 5.82 Å². The lowest BCUT2D eigenvalue weighted by atomic mass is 10.3. The first-order valence-corrected chi connectivity index (χ1v) is 9.53. The predicted molar refractivity (Wildman–Crippen MR) is 103 cm³/mol. The summed E-state index contributed by atoms with van der Waals surface area (Å²) in [6, 6.07) is 5.28. The molecule has 9 nitrogen and oxygen atoms in total. The fourth-order valence-corrected chi connectivity index (χ4v) is 3.50. The zero-order chi connectivity index (χ0) is 19.5. The second-order valence-electron chi connectivity index (χ2n) is 7.14. The SMILES string of the molecule is Cc1cc(C)n(-c2ccc(=O)n(CCN3CCN(Cc4ncco4)CC3)n2)n1. The summed E-state index contributed by atoms with van der Waals surface area (Å²) in [7, 11) is 0. The normalized spacial score (nSPS) is 15.9. The fourth-order valence-electron chi connectivity index (χ4n) is 3.50. The summed E-state index contributed by atoms with van der Waals surface area (Å²) < 4.78 is 8.62. The van der Waals surface area contributed by atoms with Gasteiger partial charge in [0.1, 0.15) is 6.26 Å². The highest BCUT2D eigenvalue weighted by atomic mass is 16.3. The van der Waals surface area contributed by atoms with Gasteiger partial charge in [0.2, 0.25) is 5.89 Å². The van der Waals surface area contributed by atoms with E-state index in [1.807, 2.05) is 19.9 Å². The molecule has 4 heterocycles. The van der Waals surface area contributed by atoms with Gasteiger partial charge in [-0.3, -0.25) is 14.6 Å². The lowest BCUT2D eigenvalue weighted by Gasteiger charge is -2.33. The van der Waals surface area contributed by atoms with Crippen LogP contribution in [0.4, 0.5) is 0 Å². The van der Waals surface area contributed by atoms with Crippen LogP contribution in [-0.4, -0.2) is 67.1 Å². The maximum Gasteiger partial charge on any atom is 0.266 e. The summed E-state index contributed by atoms with van der Waals surface area (Å²) >= 11 is 0. The Hall–Kier alpha value is -2.78. The lowest BCUT2D eigenvalue weighted by Crippen LogP contribution is -2.47. The summed E-state index contributed by atoms with van der Waals surface area (Å²) in [5, 5.41) is 8.96. The Morgan fingerprint density at radius 1 is 1.04 bits per heavy atom. The Bertz CT molecular complexity index is 969. The average molecular weight is 383 g/mol. The molecule has 0 aliphatic carbocycles. The molecule has 1 fully saturated rings. The molecule has 3 aromatic heterocycles. The van der Waals surface area contributed by atoms with Gasteiger partial charge in [-0.15, -0.1) is 5.10 Å². The molecule has 0 bridgehead atoms. The molecule has 0 amide bonds. The Balaban J connectivity index is 1.34. The average Bonchev–Trinajstić information content (AvgIpc) is 3.31. The fraction of sp³-hybridized carbons (Fsp3) is 0.474. The van der Waals surface area contributed by atoms with E-state index in [0.29, 0.717) is 12.4 Å². The number of oxazole rings is 1. The van der Waals surface area contributed by atoms with Crippen molar-refractivity contribution >= 4 is 0 Å². The van der Waals surface area contributed by atoms with Gasteiger partial charge in [-0.05, 0) is 26.0 Å². The highest BCUT2D eigenvalue weighted by Crippen LogP contribution is 2.09. The number of rotatable bonds is 6. The molecule has 1 aliphatic rings. The van der Waals surface area contributed by atoms with Gasteiger partial charge in [-0.1, -0.05) is 0 Å². The van der Waals surface area contributed by atoms with E-state index in [4.69, 9.17) is 4.42 Å². The highest BCUT2D eigenvalue weighted by Gasteiger charge is 2.18. The zero-order valence-corrected chi connectivity index (χ0v) is 16.3. The van der Waals surface area contributed by atoms with Gasteiger partial charge in [0.05, 0.1) is 25.0 Å². The molecule has 0 unspecified atom stereocenters. The summed E-state index contributed by atoms with van der Waals surface area (Å²) in [5.74, 6) is 1.42. The summed E-state index contributed by atoms with van der Waals surface area (Å²) in [6.07, 6.45) is 3.28. The van der Waals surface area contributed by atoms with Crippen LogP contribution < -0.4 is 5.56 Å². The van der Waals surface area contributed by atoms with Crippen LogP contribution in [0.3, 0.4) is 0 Å². The number of aryl methyl sites for hydroxylation is 2. The molecule has 0 aromatic carbocycles. The van der Waals surface area contributed by atoms with Crippen LogP contribution >= 0.6 is 0 Å². The first-order chi connectivity index (χ1) is 13.6. The molecule has 9 heteroatoms. The number of piperazine rings is 1. The number of aromatic nitrogens is 5. The molecule has 0 saturated carbocycles. The Morgan fingerprint density at radius 2 is 1.82 bits per heavy atom. The molecule has 0 atom stereocenters. The molecule has 148 valence electrons. The smallest absolute Gasteiger partial charge is 0.266 e. The second-order valence-corrected chi connectivity index (χ2v) is 7.14. The van der Waals surface area contributed by atoms with Gasteiger partial charge >= 0.3 is 0 Å². The van der Waals surface area contributed by atoms with Crippen LogP contribution in [0.15, 0.2) is 39.9 Å². The van der Waals surface area contributed by atoms with Crippen LogP contribution in [0, 0.1) is 13.8 Å². The van der Waals surface area contributed by atoms with Crippen LogP contribution in [-0.2, 0) is 13.1 Å². The largest absolute Gasteiger partial charge is 0.448 e.